The molecule has 1 aliphatic rings. The van der Waals surface area contributed by atoms with Crippen LogP contribution in [0.25, 0.3) is 0 Å². The molecule has 6 nitrogen and oxygen atoms in total. The maximum absolute atomic E-state index is 10.7. The fourth-order valence-electron chi connectivity index (χ4n) is 0.830. The summed E-state index contributed by atoms with van der Waals surface area (Å²) >= 11 is 2.63. The van der Waals surface area contributed by atoms with Crippen molar-refractivity contribution in [2.75, 3.05) is 6.61 Å². The maximum atomic E-state index is 10.7. The van der Waals surface area contributed by atoms with Crippen LogP contribution in [0.15, 0.2) is 11.5 Å². The molecule has 1 aliphatic heterocycles. The molecule has 0 saturated heterocycles. The first-order valence-corrected chi connectivity index (χ1v) is 4.04. The molecule has 0 radical (unpaired) electrons. The van der Waals surface area contributed by atoms with Crippen LogP contribution in [0.3, 0.4) is 0 Å². The number of cyclic esters (lactones) is 1. The quantitative estimate of drug-likeness (QED) is 0.384. The molecule has 0 bridgehead atoms. The van der Waals surface area contributed by atoms with Crippen LogP contribution >= 0.6 is 15.9 Å². The van der Waals surface area contributed by atoms with Gasteiger partial charge in [-0.15, -0.1) is 0 Å². The number of carbonyl (C=O) groups is 1. The first-order valence-electron chi connectivity index (χ1n) is 3.25. The van der Waals surface area contributed by atoms with Crippen molar-refractivity contribution in [3.8, 4) is 0 Å². The van der Waals surface area contributed by atoms with Crippen molar-refractivity contribution in [3.63, 3.8) is 0 Å². The van der Waals surface area contributed by atoms with E-state index in [2.05, 4.69) is 20.7 Å². The van der Waals surface area contributed by atoms with Crippen molar-refractivity contribution in [3.05, 3.63) is 11.5 Å². The molecule has 13 heavy (non-hydrogen) atoms. The van der Waals surface area contributed by atoms with Gasteiger partial charge in [-0.3, -0.25) is 0 Å². The highest BCUT2D eigenvalue weighted by Gasteiger charge is 2.47. The minimum absolute atomic E-state index is 0.789. The van der Waals surface area contributed by atoms with Gasteiger partial charge in [-0.25, -0.2) is 4.79 Å². The lowest BCUT2D eigenvalue weighted by atomic mass is 10.2. The fourth-order valence-corrected chi connectivity index (χ4v) is 1.14. The molecule has 0 fully saturated rings. The second-order valence-electron chi connectivity index (χ2n) is 2.50. The Kier molecular flexibility index (Phi) is 2.51. The highest BCUT2D eigenvalue weighted by Crippen LogP contribution is 2.31. The van der Waals surface area contributed by atoms with Gasteiger partial charge in [0.2, 0.25) is 11.9 Å². The number of esters is 1. The lowest BCUT2D eigenvalue weighted by Crippen LogP contribution is -2.41. The van der Waals surface area contributed by atoms with Crippen LogP contribution in [0, 0.1) is 0 Å². The Morgan fingerprint density at radius 2 is 2.08 bits per heavy atom. The zero-order valence-electron chi connectivity index (χ0n) is 6.27. The molecule has 1 rings (SSSR count). The Morgan fingerprint density at radius 3 is 2.38 bits per heavy atom. The standard InChI is InChI=1S/C6H7BrO6/c7-6(12,1-8)4-2(9)3(10)5(11)13-4/h4,8-10,12H,1H2/t4-,6-/m0/s1. The number of halogens is 1. The van der Waals surface area contributed by atoms with E-state index in [0.29, 0.717) is 0 Å². The van der Waals surface area contributed by atoms with E-state index in [1.165, 1.54) is 0 Å². The summed E-state index contributed by atoms with van der Waals surface area (Å²) in [7, 11) is 0. The summed E-state index contributed by atoms with van der Waals surface area (Å²) in [6.45, 7) is -0.789. The number of hydrogen-bond acceptors (Lipinski definition) is 6. The van der Waals surface area contributed by atoms with Gasteiger partial charge in [-0.1, -0.05) is 0 Å². The summed E-state index contributed by atoms with van der Waals surface area (Å²) in [4.78, 5) is 10.7. The van der Waals surface area contributed by atoms with E-state index in [1.807, 2.05) is 0 Å². The molecule has 0 aliphatic carbocycles. The third kappa shape index (κ3) is 1.62. The van der Waals surface area contributed by atoms with Crippen molar-refractivity contribution >= 4 is 21.9 Å². The molecule has 4 N–H and O–H groups in total. The van der Waals surface area contributed by atoms with Gasteiger partial charge in [0.05, 0.1) is 6.61 Å². The molecule has 0 aromatic rings. The van der Waals surface area contributed by atoms with Crippen LogP contribution in [-0.4, -0.2) is 43.6 Å². The highest BCUT2D eigenvalue weighted by atomic mass is 79.9. The number of alkyl halides is 1. The lowest BCUT2D eigenvalue weighted by Gasteiger charge is -2.23. The average molecular weight is 255 g/mol. The predicted octanol–water partition coefficient (Wildman–Crippen LogP) is -0.685. The predicted molar refractivity (Wildman–Crippen MR) is 43.1 cm³/mol. The molecule has 0 saturated carbocycles. The van der Waals surface area contributed by atoms with Gasteiger partial charge in [0, 0.05) is 0 Å². The number of aliphatic hydroxyl groups is 4. The molecule has 7 heteroatoms. The van der Waals surface area contributed by atoms with Crippen molar-refractivity contribution in [1.82, 2.24) is 0 Å². The minimum atomic E-state index is -1.99. The van der Waals surface area contributed by atoms with Crippen LogP contribution in [0.2, 0.25) is 0 Å². The summed E-state index contributed by atoms with van der Waals surface area (Å²) in [5, 5.41) is 35.9. The van der Waals surface area contributed by atoms with Crippen LogP contribution in [0.4, 0.5) is 0 Å². The van der Waals surface area contributed by atoms with E-state index in [9.17, 15) is 9.90 Å². The average Bonchev–Trinajstić information content (AvgIpc) is 2.33. The first-order chi connectivity index (χ1) is 5.90. The molecule has 0 aromatic heterocycles. The Balaban J connectivity index is 2.94. The molecule has 0 unspecified atom stereocenters. The topological polar surface area (TPSA) is 107 Å². The van der Waals surface area contributed by atoms with Gasteiger partial charge < -0.3 is 25.2 Å². The number of aliphatic hydroxyl groups excluding tert-OH is 3. The number of ether oxygens (including phenoxy) is 1. The second-order valence-corrected chi connectivity index (χ2v) is 3.87. The van der Waals surface area contributed by atoms with Gasteiger partial charge in [0.1, 0.15) is 0 Å². The van der Waals surface area contributed by atoms with Crippen molar-refractivity contribution in [2.24, 2.45) is 0 Å². The SMILES string of the molecule is O=C1O[C@H]([C@](O)(Br)CO)C(O)=C1O. The second kappa shape index (κ2) is 3.17. The van der Waals surface area contributed by atoms with Crippen LogP contribution in [0.1, 0.15) is 0 Å². The van der Waals surface area contributed by atoms with Crippen molar-refractivity contribution in [1.29, 1.82) is 0 Å². The third-order valence-corrected chi connectivity index (χ3v) is 2.20. The summed E-state index contributed by atoms with van der Waals surface area (Å²) in [5.74, 6) is -2.91. The first kappa shape index (κ1) is 10.3. The van der Waals surface area contributed by atoms with E-state index in [1.54, 1.807) is 0 Å². The molecular formula is C6H7BrO6. The molecule has 0 spiro atoms. The lowest BCUT2D eigenvalue weighted by molar-refractivity contribution is -0.149. The molecule has 2 atom stereocenters. The summed E-state index contributed by atoms with van der Waals surface area (Å²) in [5.41, 5.74) is 0. The molecule has 0 aromatic carbocycles. The Hall–Kier alpha value is -0.790. The minimum Gasteiger partial charge on any atom is -0.505 e. The maximum Gasteiger partial charge on any atom is 0.378 e. The van der Waals surface area contributed by atoms with Crippen LogP contribution in [0.5, 0.6) is 0 Å². The van der Waals surface area contributed by atoms with Gasteiger partial charge in [-0.2, -0.15) is 0 Å². The van der Waals surface area contributed by atoms with E-state index >= 15 is 0 Å². The highest BCUT2D eigenvalue weighted by molar-refractivity contribution is 9.10. The summed E-state index contributed by atoms with van der Waals surface area (Å²) in [6, 6.07) is 0. The number of rotatable bonds is 2. The Bertz CT molecular complexity index is 270. The monoisotopic (exact) mass is 254 g/mol. The van der Waals surface area contributed by atoms with E-state index in [4.69, 9.17) is 15.3 Å². The van der Waals surface area contributed by atoms with Crippen molar-refractivity contribution < 1.29 is 30.0 Å². The van der Waals surface area contributed by atoms with Gasteiger partial charge >= 0.3 is 5.97 Å². The Morgan fingerprint density at radius 1 is 1.54 bits per heavy atom. The van der Waals surface area contributed by atoms with Gasteiger partial charge in [0.25, 0.3) is 0 Å². The fraction of sp³-hybridized carbons (Fsp3) is 0.500. The smallest absolute Gasteiger partial charge is 0.378 e. The molecule has 0 amide bonds. The normalized spacial score (nSPS) is 27.3. The van der Waals surface area contributed by atoms with Crippen molar-refractivity contribution in [2.45, 2.75) is 10.6 Å². The molecule has 1 heterocycles. The van der Waals surface area contributed by atoms with Crippen LogP contribution in [-0.2, 0) is 9.53 Å². The summed E-state index contributed by atoms with van der Waals surface area (Å²) in [6.07, 6.45) is -1.50. The zero-order valence-corrected chi connectivity index (χ0v) is 7.85. The van der Waals surface area contributed by atoms with E-state index < -0.39 is 34.7 Å². The zero-order chi connectivity index (χ0) is 10.2. The van der Waals surface area contributed by atoms with Crippen LogP contribution < -0.4 is 0 Å². The van der Waals surface area contributed by atoms with Gasteiger partial charge in [-0.05, 0) is 15.9 Å². The molecule has 74 valence electrons. The Labute approximate surface area is 81.2 Å². The third-order valence-electron chi connectivity index (χ3n) is 1.53. The van der Waals surface area contributed by atoms with E-state index in [0.717, 1.165) is 0 Å². The van der Waals surface area contributed by atoms with E-state index in [-0.39, 0.29) is 0 Å². The largest absolute Gasteiger partial charge is 0.505 e. The van der Waals surface area contributed by atoms with Gasteiger partial charge in [0.15, 0.2) is 10.3 Å². The molecular weight excluding hydrogens is 248 g/mol. The summed E-state index contributed by atoms with van der Waals surface area (Å²) < 4.78 is 2.38. The number of hydrogen-bond donors (Lipinski definition) is 4. The number of carbonyl (C=O) groups excluding carboxylic acids is 1.